The summed E-state index contributed by atoms with van der Waals surface area (Å²) < 4.78 is 6.99. The molecule has 0 aliphatic carbocycles. The lowest BCUT2D eigenvalue weighted by atomic mass is 10.4. The molecule has 4 nitrogen and oxygen atoms in total. The van der Waals surface area contributed by atoms with Crippen LogP contribution in [0.2, 0.25) is 0 Å². The Bertz CT molecular complexity index is 245. The van der Waals surface area contributed by atoms with Gasteiger partial charge in [-0.25, -0.2) is 0 Å². The summed E-state index contributed by atoms with van der Waals surface area (Å²) in [6.07, 6.45) is 1.92. The largest absolute Gasteiger partial charge is 0.474 e. The number of nitrogens with zero attached hydrogens (tertiary/aromatic N) is 2. The van der Waals surface area contributed by atoms with Gasteiger partial charge in [0.25, 0.3) is 0 Å². The van der Waals surface area contributed by atoms with E-state index in [1.165, 1.54) is 0 Å². The molecule has 0 fully saturated rings. The number of aryl methyl sites for hydroxylation is 2. The molecular formula is C8H14N2O2. The summed E-state index contributed by atoms with van der Waals surface area (Å²) >= 11 is 0. The summed E-state index contributed by atoms with van der Waals surface area (Å²) in [5.74, 6) is 0.617. The van der Waals surface area contributed by atoms with Gasteiger partial charge in [-0.05, 0) is 13.8 Å². The molecule has 12 heavy (non-hydrogen) atoms. The van der Waals surface area contributed by atoms with Gasteiger partial charge in [0, 0.05) is 18.3 Å². The van der Waals surface area contributed by atoms with Crippen molar-refractivity contribution in [2.45, 2.75) is 20.4 Å². The predicted octanol–water partition coefficient (Wildman–Crippen LogP) is 0.583. The molecule has 0 amide bonds. The lowest BCUT2D eigenvalue weighted by Gasteiger charge is -1.99. The average molecular weight is 170 g/mol. The average Bonchev–Trinajstić information content (AvgIpc) is 2.43. The summed E-state index contributed by atoms with van der Waals surface area (Å²) in [6, 6.07) is 0. The lowest BCUT2D eigenvalue weighted by molar-refractivity contribution is 0.195. The summed E-state index contributed by atoms with van der Waals surface area (Å²) in [6.45, 7) is 5.12. The van der Waals surface area contributed by atoms with E-state index in [1.54, 1.807) is 0 Å². The van der Waals surface area contributed by atoms with Crippen molar-refractivity contribution in [2.75, 3.05) is 13.2 Å². The molecule has 0 radical (unpaired) electrons. The SMILES string of the molecule is CCn1cc(C)c(OCCO)n1. The minimum atomic E-state index is 0.0262. The predicted molar refractivity (Wildman–Crippen MR) is 45.2 cm³/mol. The van der Waals surface area contributed by atoms with Crippen molar-refractivity contribution >= 4 is 0 Å². The highest BCUT2D eigenvalue weighted by molar-refractivity contribution is 5.20. The van der Waals surface area contributed by atoms with E-state index in [9.17, 15) is 0 Å². The second-order valence-corrected chi connectivity index (χ2v) is 2.55. The summed E-state index contributed by atoms with van der Waals surface area (Å²) in [5, 5.41) is 12.7. The maximum atomic E-state index is 8.52. The van der Waals surface area contributed by atoms with E-state index in [0.717, 1.165) is 12.1 Å². The van der Waals surface area contributed by atoms with Gasteiger partial charge in [0.1, 0.15) is 6.61 Å². The number of aliphatic hydroxyl groups excluding tert-OH is 1. The van der Waals surface area contributed by atoms with Crippen LogP contribution in [0.25, 0.3) is 0 Å². The van der Waals surface area contributed by atoms with Crippen LogP contribution in [0, 0.1) is 6.92 Å². The maximum absolute atomic E-state index is 8.52. The molecule has 68 valence electrons. The smallest absolute Gasteiger partial charge is 0.235 e. The molecule has 0 aromatic carbocycles. The van der Waals surface area contributed by atoms with Crippen molar-refractivity contribution in [1.82, 2.24) is 9.78 Å². The van der Waals surface area contributed by atoms with E-state index in [1.807, 2.05) is 24.7 Å². The second kappa shape index (κ2) is 4.11. The second-order valence-electron chi connectivity index (χ2n) is 2.55. The molecule has 0 atom stereocenters. The molecule has 1 aromatic rings. The standard InChI is InChI=1S/C8H14N2O2/c1-3-10-6-7(2)8(9-10)12-5-4-11/h6,11H,3-5H2,1-2H3. The van der Waals surface area contributed by atoms with Crippen molar-refractivity contribution in [2.24, 2.45) is 0 Å². The Balaban J connectivity index is 2.64. The number of ether oxygens (including phenoxy) is 1. The van der Waals surface area contributed by atoms with Crippen LogP contribution < -0.4 is 4.74 Å². The van der Waals surface area contributed by atoms with Crippen LogP contribution in [-0.4, -0.2) is 28.1 Å². The van der Waals surface area contributed by atoms with Crippen LogP contribution in [0.4, 0.5) is 0 Å². The molecule has 0 aliphatic rings. The zero-order chi connectivity index (χ0) is 8.97. The molecular weight excluding hydrogens is 156 g/mol. The number of hydrogen-bond donors (Lipinski definition) is 1. The fraction of sp³-hybridized carbons (Fsp3) is 0.625. The quantitative estimate of drug-likeness (QED) is 0.719. The van der Waals surface area contributed by atoms with Crippen LogP contribution in [0.3, 0.4) is 0 Å². The number of hydrogen-bond acceptors (Lipinski definition) is 3. The highest BCUT2D eigenvalue weighted by Gasteiger charge is 2.03. The zero-order valence-corrected chi connectivity index (χ0v) is 7.45. The first-order chi connectivity index (χ1) is 5.77. The minimum absolute atomic E-state index is 0.0262. The Morgan fingerprint density at radius 2 is 2.42 bits per heavy atom. The third-order valence-electron chi connectivity index (χ3n) is 1.55. The third-order valence-corrected chi connectivity index (χ3v) is 1.55. The minimum Gasteiger partial charge on any atom is -0.474 e. The first-order valence-electron chi connectivity index (χ1n) is 4.05. The molecule has 1 heterocycles. The molecule has 0 bridgehead atoms. The molecule has 4 heteroatoms. The Hall–Kier alpha value is -1.03. The monoisotopic (exact) mass is 170 g/mol. The number of rotatable bonds is 4. The van der Waals surface area contributed by atoms with Crippen molar-refractivity contribution in [3.8, 4) is 5.88 Å². The van der Waals surface area contributed by atoms with E-state index >= 15 is 0 Å². The third kappa shape index (κ3) is 1.98. The summed E-state index contributed by atoms with van der Waals surface area (Å²) in [7, 11) is 0. The maximum Gasteiger partial charge on any atom is 0.235 e. The topological polar surface area (TPSA) is 47.3 Å². The lowest BCUT2D eigenvalue weighted by Crippen LogP contribution is -2.03. The summed E-state index contributed by atoms with van der Waals surface area (Å²) in [4.78, 5) is 0. The van der Waals surface area contributed by atoms with Gasteiger partial charge in [-0.15, -0.1) is 5.10 Å². The van der Waals surface area contributed by atoms with Gasteiger partial charge in [0.05, 0.1) is 6.61 Å². The van der Waals surface area contributed by atoms with Crippen LogP contribution in [0.1, 0.15) is 12.5 Å². The van der Waals surface area contributed by atoms with Gasteiger partial charge in [0.15, 0.2) is 0 Å². The molecule has 0 saturated heterocycles. The van der Waals surface area contributed by atoms with E-state index in [0.29, 0.717) is 12.5 Å². The van der Waals surface area contributed by atoms with E-state index in [4.69, 9.17) is 9.84 Å². The van der Waals surface area contributed by atoms with Gasteiger partial charge in [-0.2, -0.15) is 0 Å². The van der Waals surface area contributed by atoms with Gasteiger partial charge in [-0.3, -0.25) is 4.68 Å². The number of aromatic nitrogens is 2. The zero-order valence-electron chi connectivity index (χ0n) is 7.45. The first-order valence-corrected chi connectivity index (χ1v) is 4.05. The molecule has 1 rings (SSSR count). The molecule has 0 saturated carbocycles. The Morgan fingerprint density at radius 1 is 1.67 bits per heavy atom. The van der Waals surface area contributed by atoms with Crippen molar-refractivity contribution in [1.29, 1.82) is 0 Å². The van der Waals surface area contributed by atoms with Gasteiger partial charge < -0.3 is 9.84 Å². The van der Waals surface area contributed by atoms with Crippen LogP contribution in [0.15, 0.2) is 6.20 Å². The highest BCUT2D eigenvalue weighted by atomic mass is 16.5. The van der Waals surface area contributed by atoms with Crippen LogP contribution >= 0.6 is 0 Å². The fourth-order valence-electron chi connectivity index (χ4n) is 0.950. The van der Waals surface area contributed by atoms with Crippen molar-refractivity contribution < 1.29 is 9.84 Å². The van der Waals surface area contributed by atoms with Crippen LogP contribution in [0.5, 0.6) is 5.88 Å². The Labute approximate surface area is 71.8 Å². The van der Waals surface area contributed by atoms with Gasteiger partial charge in [0.2, 0.25) is 5.88 Å². The van der Waals surface area contributed by atoms with Crippen molar-refractivity contribution in [3.05, 3.63) is 11.8 Å². The molecule has 0 unspecified atom stereocenters. The van der Waals surface area contributed by atoms with Crippen molar-refractivity contribution in [3.63, 3.8) is 0 Å². The molecule has 1 aromatic heterocycles. The Morgan fingerprint density at radius 3 is 2.92 bits per heavy atom. The van der Waals surface area contributed by atoms with E-state index in [-0.39, 0.29) is 6.61 Å². The van der Waals surface area contributed by atoms with E-state index < -0.39 is 0 Å². The summed E-state index contributed by atoms with van der Waals surface area (Å²) in [5.41, 5.74) is 1.00. The fourth-order valence-corrected chi connectivity index (χ4v) is 0.950. The first kappa shape index (κ1) is 9.06. The van der Waals surface area contributed by atoms with E-state index in [2.05, 4.69) is 5.10 Å². The molecule has 0 aliphatic heterocycles. The Kier molecular flexibility index (Phi) is 3.10. The molecule has 1 N–H and O–H groups in total. The normalized spacial score (nSPS) is 10.2. The number of aliphatic hydroxyl groups is 1. The van der Waals surface area contributed by atoms with Crippen LogP contribution in [-0.2, 0) is 6.54 Å². The highest BCUT2D eigenvalue weighted by Crippen LogP contribution is 2.13. The van der Waals surface area contributed by atoms with Gasteiger partial charge >= 0.3 is 0 Å². The molecule has 0 spiro atoms. The van der Waals surface area contributed by atoms with Gasteiger partial charge in [-0.1, -0.05) is 0 Å².